The largest absolute Gasteiger partial charge is 0.489 e. The van der Waals surface area contributed by atoms with Gasteiger partial charge in [-0.25, -0.2) is 9.82 Å². The van der Waals surface area contributed by atoms with Crippen LogP contribution in [0.4, 0.5) is 4.39 Å². The molecule has 1 atom stereocenters. The number of ether oxygens (including phenoxy) is 1. The number of aliphatic hydroxyl groups is 1. The molecule has 1 aromatic rings. The fourth-order valence-electron chi connectivity index (χ4n) is 2.07. The lowest BCUT2D eigenvalue weighted by molar-refractivity contribution is -0.121. The third kappa shape index (κ3) is 3.84. The van der Waals surface area contributed by atoms with Gasteiger partial charge >= 0.3 is 0 Å². The molecule has 1 unspecified atom stereocenters. The highest BCUT2D eigenvalue weighted by atomic mass is 79.9. The van der Waals surface area contributed by atoms with Crippen molar-refractivity contribution in [2.24, 2.45) is 11.0 Å². The first kappa shape index (κ1) is 16.9. The summed E-state index contributed by atoms with van der Waals surface area (Å²) in [5, 5.41) is 13.6. The Morgan fingerprint density at radius 3 is 2.82 bits per heavy atom. The van der Waals surface area contributed by atoms with E-state index in [1.54, 1.807) is 26.0 Å². The molecule has 7 heteroatoms. The predicted molar refractivity (Wildman–Crippen MR) is 84.4 cm³/mol. The van der Waals surface area contributed by atoms with Crippen LogP contribution in [0.2, 0.25) is 0 Å². The quantitative estimate of drug-likeness (QED) is 0.853. The van der Waals surface area contributed by atoms with E-state index in [4.69, 9.17) is 4.74 Å². The first-order valence-corrected chi connectivity index (χ1v) is 7.68. The maximum Gasteiger partial charge on any atom is 0.240 e. The number of nitrogens with one attached hydrogen (secondary N) is 1. The van der Waals surface area contributed by atoms with E-state index in [1.165, 1.54) is 0 Å². The molecule has 22 heavy (non-hydrogen) atoms. The van der Waals surface area contributed by atoms with Gasteiger partial charge in [-0.2, -0.15) is 5.10 Å². The molecule has 1 aliphatic heterocycles. The monoisotopic (exact) mass is 372 g/mol. The Kier molecular flexibility index (Phi) is 4.87. The zero-order valence-electron chi connectivity index (χ0n) is 12.6. The summed E-state index contributed by atoms with van der Waals surface area (Å²) in [5.41, 5.74) is 2.16. The molecule has 1 aliphatic rings. The molecule has 2 rings (SSSR count). The topological polar surface area (TPSA) is 70.9 Å². The summed E-state index contributed by atoms with van der Waals surface area (Å²) >= 11 is 3.17. The summed E-state index contributed by atoms with van der Waals surface area (Å²) in [6.07, 6.45) is 0.271. The van der Waals surface area contributed by atoms with Gasteiger partial charge in [0.1, 0.15) is 18.2 Å². The normalized spacial score (nSPS) is 18.7. The number of hydrogen-bond acceptors (Lipinski definition) is 4. The van der Waals surface area contributed by atoms with E-state index >= 15 is 0 Å². The summed E-state index contributed by atoms with van der Waals surface area (Å²) in [4.78, 5) is 11.3. The molecule has 0 fully saturated rings. The lowest BCUT2D eigenvalue weighted by Gasteiger charge is -2.21. The number of halogens is 2. The standard InChI is InChI=1S/C15H18BrFN2O3/c1-8-6-11(20)18-19-14(8)9-4-5-10(12(16)13(9)17)22-7-15(2,3)21/h4-5,8,21H,6-7H2,1-3H3,(H,18,20). The Balaban J connectivity index is 2.29. The first-order chi connectivity index (χ1) is 10.2. The molecule has 120 valence electrons. The smallest absolute Gasteiger partial charge is 0.240 e. The van der Waals surface area contributed by atoms with Crippen molar-refractivity contribution in [2.45, 2.75) is 32.8 Å². The molecule has 0 saturated carbocycles. The molecule has 0 bridgehead atoms. The van der Waals surface area contributed by atoms with Crippen molar-refractivity contribution >= 4 is 27.5 Å². The highest BCUT2D eigenvalue weighted by molar-refractivity contribution is 9.10. The minimum Gasteiger partial charge on any atom is -0.489 e. The highest BCUT2D eigenvalue weighted by Gasteiger charge is 2.26. The summed E-state index contributed by atoms with van der Waals surface area (Å²) < 4.78 is 20.1. The SMILES string of the molecule is CC1CC(=O)NN=C1c1ccc(OCC(C)(C)O)c(Br)c1F. The minimum absolute atomic E-state index is 0.0395. The van der Waals surface area contributed by atoms with E-state index in [0.717, 1.165) is 0 Å². The summed E-state index contributed by atoms with van der Waals surface area (Å²) in [7, 11) is 0. The van der Waals surface area contributed by atoms with E-state index in [9.17, 15) is 14.3 Å². The van der Waals surface area contributed by atoms with Gasteiger partial charge in [-0.3, -0.25) is 4.79 Å². The summed E-state index contributed by atoms with van der Waals surface area (Å²) in [5.74, 6) is -0.550. The second-order valence-corrected chi connectivity index (χ2v) is 6.77. The Labute approximate surface area is 136 Å². The summed E-state index contributed by atoms with van der Waals surface area (Å²) in [6, 6.07) is 3.17. The maximum absolute atomic E-state index is 14.6. The van der Waals surface area contributed by atoms with Crippen molar-refractivity contribution in [2.75, 3.05) is 6.61 Å². The zero-order valence-corrected chi connectivity index (χ0v) is 14.2. The number of hydrazone groups is 1. The van der Waals surface area contributed by atoms with Gasteiger partial charge in [0.2, 0.25) is 5.91 Å². The van der Waals surface area contributed by atoms with Crippen molar-refractivity contribution in [3.8, 4) is 5.75 Å². The van der Waals surface area contributed by atoms with E-state index in [0.29, 0.717) is 17.0 Å². The van der Waals surface area contributed by atoms with E-state index < -0.39 is 11.4 Å². The number of rotatable bonds is 4. The Hall–Kier alpha value is -1.47. The third-order valence-electron chi connectivity index (χ3n) is 3.16. The van der Waals surface area contributed by atoms with Gasteiger partial charge in [-0.15, -0.1) is 0 Å². The lowest BCUT2D eigenvalue weighted by atomic mass is 9.94. The van der Waals surface area contributed by atoms with Gasteiger partial charge in [-0.1, -0.05) is 6.92 Å². The average molecular weight is 373 g/mol. The number of hydrogen-bond donors (Lipinski definition) is 2. The number of carbonyl (C=O) groups is 1. The van der Waals surface area contributed by atoms with Crippen molar-refractivity contribution < 1.29 is 19.0 Å². The molecule has 5 nitrogen and oxygen atoms in total. The molecule has 0 spiro atoms. The van der Waals surface area contributed by atoms with Crippen LogP contribution in [-0.4, -0.2) is 28.9 Å². The predicted octanol–water partition coefficient (Wildman–Crippen LogP) is 2.60. The van der Waals surface area contributed by atoms with Crippen molar-refractivity contribution in [3.05, 3.63) is 28.0 Å². The molecule has 1 heterocycles. The van der Waals surface area contributed by atoms with Crippen LogP contribution in [0.15, 0.2) is 21.7 Å². The van der Waals surface area contributed by atoms with Crippen molar-refractivity contribution in [3.63, 3.8) is 0 Å². The fourth-order valence-corrected chi connectivity index (χ4v) is 2.53. The van der Waals surface area contributed by atoms with Gasteiger partial charge in [-0.05, 0) is 41.9 Å². The fraction of sp³-hybridized carbons (Fsp3) is 0.467. The van der Waals surface area contributed by atoms with Gasteiger partial charge in [0.15, 0.2) is 0 Å². The molecule has 2 N–H and O–H groups in total. The van der Waals surface area contributed by atoms with E-state index in [1.807, 2.05) is 6.92 Å². The second-order valence-electron chi connectivity index (χ2n) is 5.98. The van der Waals surface area contributed by atoms with Crippen LogP contribution in [0.3, 0.4) is 0 Å². The minimum atomic E-state index is -1.01. The van der Waals surface area contributed by atoms with Crippen LogP contribution in [0, 0.1) is 11.7 Å². The Morgan fingerprint density at radius 2 is 2.23 bits per heavy atom. The molecular weight excluding hydrogens is 355 g/mol. The molecule has 1 amide bonds. The third-order valence-corrected chi connectivity index (χ3v) is 3.90. The van der Waals surface area contributed by atoms with Gasteiger partial charge < -0.3 is 9.84 Å². The van der Waals surface area contributed by atoms with Crippen LogP contribution < -0.4 is 10.2 Å². The number of benzene rings is 1. The van der Waals surface area contributed by atoms with Crippen LogP contribution in [0.5, 0.6) is 5.75 Å². The summed E-state index contributed by atoms with van der Waals surface area (Å²) in [6.45, 7) is 5.07. The lowest BCUT2D eigenvalue weighted by Crippen LogP contribution is -2.32. The van der Waals surface area contributed by atoms with E-state index in [2.05, 4.69) is 26.5 Å². The van der Waals surface area contributed by atoms with Crippen LogP contribution in [0.1, 0.15) is 32.8 Å². The average Bonchev–Trinajstić information content (AvgIpc) is 2.40. The second kappa shape index (κ2) is 6.34. The first-order valence-electron chi connectivity index (χ1n) is 6.89. The maximum atomic E-state index is 14.6. The molecule has 0 aromatic heterocycles. The highest BCUT2D eigenvalue weighted by Crippen LogP contribution is 2.32. The van der Waals surface area contributed by atoms with Gasteiger partial charge in [0.05, 0.1) is 15.8 Å². The molecule has 0 saturated heterocycles. The van der Waals surface area contributed by atoms with Crippen molar-refractivity contribution in [1.82, 2.24) is 5.43 Å². The molecule has 0 radical (unpaired) electrons. The molecule has 0 aliphatic carbocycles. The van der Waals surface area contributed by atoms with Crippen molar-refractivity contribution in [1.29, 1.82) is 0 Å². The molecule has 1 aromatic carbocycles. The molecular formula is C15H18BrFN2O3. The van der Waals surface area contributed by atoms with Gasteiger partial charge in [0.25, 0.3) is 0 Å². The van der Waals surface area contributed by atoms with Crippen LogP contribution in [-0.2, 0) is 4.79 Å². The Morgan fingerprint density at radius 1 is 1.55 bits per heavy atom. The van der Waals surface area contributed by atoms with E-state index in [-0.39, 0.29) is 29.3 Å². The number of nitrogens with zero attached hydrogens (tertiary/aromatic N) is 1. The van der Waals surface area contributed by atoms with Gasteiger partial charge in [0, 0.05) is 17.9 Å². The zero-order chi connectivity index (χ0) is 16.5. The van der Waals surface area contributed by atoms with Crippen LogP contribution >= 0.6 is 15.9 Å². The number of amides is 1. The Bertz CT molecular complexity index is 626. The number of carbonyl (C=O) groups excluding carboxylic acids is 1. The van der Waals surface area contributed by atoms with Crippen LogP contribution in [0.25, 0.3) is 0 Å².